The maximum absolute atomic E-state index is 9.96. The summed E-state index contributed by atoms with van der Waals surface area (Å²) in [6.07, 6.45) is 2.69. The Morgan fingerprint density at radius 1 is 1.39 bits per heavy atom. The Bertz CT molecular complexity index is 386. The van der Waals surface area contributed by atoms with Crippen molar-refractivity contribution in [3.8, 4) is 6.07 Å². The van der Waals surface area contributed by atoms with Gasteiger partial charge in [-0.3, -0.25) is 0 Å². The summed E-state index contributed by atoms with van der Waals surface area (Å²) in [6, 6.07) is 9.13. The zero-order valence-electron chi connectivity index (χ0n) is 10.9. The lowest BCUT2D eigenvalue weighted by atomic mass is 10.1. The zero-order chi connectivity index (χ0) is 13.4. The van der Waals surface area contributed by atoms with Crippen molar-refractivity contribution < 1.29 is 5.11 Å². The number of benzene rings is 1. The summed E-state index contributed by atoms with van der Waals surface area (Å²) in [7, 11) is 0. The minimum absolute atomic E-state index is 0.512. The summed E-state index contributed by atoms with van der Waals surface area (Å²) in [5, 5.41) is 22.5. The first-order valence-corrected chi connectivity index (χ1v) is 7.37. The largest absolute Gasteiger partial charge is 0.387 e. The van der Waals surface area contributed by atoms with Crippen LogP contribution in [-0.4, -0.2) is 29.7 Å². The van der Waals surface area contributed by atoms with E-state index >= 15 is 0 Å². The third-order valence-corrected chi connectivity index (χ3v) is 3.93. The molecule has 0 aliphatic rings. The van der Waals surface area contributed by atoms with Gasteiger partial charge in [0.25, 0.3) is 0 Å². The van der Waals surface area contributed by atoms with Crippen LogP contribution >= 0.6 is 11.8 Å². The van der Waals surface area contributed by atoms with E-state index in [9.17, 15) is 5.11 Å². The molecular formula is C14H20N2OS. The number of hydrogen-bond acceptors (Lipinski definition) is 4. The first kappa shape index (κ1) is 15.0. The second kappa shape index (κ2) is 8.15. The number of nitriles is 1. The Kier molecular flexibility index (Phi) is 6.81. The van der Waals surface area contributed by atoms with Crippen LogP contribution in [0, 0.1) is 11.3 Å². The first-order valence-electron chi connectivity index (χ1n) is 6.09. The van der Waals surface area contributed by atoms with E-state index in [4.69, 9.17) is 5.26 Å². The minimum Gasteiger partial charge on any atom is -0.387 e. The van der Waals surface area contributed by atoms with Gasteiger partial charge >= 0.3 is 0 Å². The molecule has 0 aliphatic carbocycles. The Hall–Kier alpha value is -1.02. The summed E-state index contributed by atoms with van der Waals surface area (Å²) in [5.74, 6) is 0. The van der Waals surface area contributed by atoms with Gasteiger partial charge in [0.1, 0.15) is 0 Å². The molecule has 0 heterocycles. The zero-order valence-corrected chi connectivity index (χ0v) is 11.7. The highest BCUT2D eigenvalue weighted by atomic mass is 32.2. The molecule has 98 valence electrons. The maximum atomic E-state index is 9.96. The van der Waals surface area contributed by atoms with E-state index in [-0.39, 0.29) is 0 Å². The Morgan fingerprint density at radius 3 is 2.61 bits per heavy atom. The van der Waals surface area contributed by atoms with Crippen LogP contribution in [0.5, 0.6) is 0 Å². The van der Waals surface area contributed by atoms with Gasteiger partial charge in [0.2, 0.25) is 0 Å². The van der Waals surface area contributed by atoms with Crippen LogP contribution in [0.25, 0.3) is 0 Å². The lowest BCUT2D eigenvalue weighted by Gasteiger charge is -2.13. The van der Waals surface area contributed by atoms with Crippen molar-refractivity contribution in [2.45, 2.75) is 24.7 Å². The SMILES string of the molecule is CSC(C)CCNCC(O)c1ccc(C#N)cc1. The number of rotatable bonds is 7. The Labute approximate surface area is 113 Å². The van der Waals surface area contributed by atoms with Gasteiger partial charge in [-0.15, -0.1) is 0 Å². The summed E-state index contributed by atoms with van der Waals surface area (Å²) < 4.78 is 0. The first-order chi connectivity index (χ1) is 8.67. The average molecular weight is 264 g/mol. The van der Waals surface area contributed by atoms with E-state index in [2.05, 4.69) is 24.6 Å². The molecule has 2 atom stereocenters. The monoisotopic (exact) mass is 264 g/mol. The number of thioether (sulfide) groups is 1. The number of hydrogen-bond donors (Lipinski definition) is 2. The highest BCUT2D eigenvalue weighted by Crippen LogP contribution is 2.13. The van der Waals surface area contributed by atoms with Gasteiger partial charge in [0.05, 0.1) is 17.7 Å². The van der Waals surface area contributed by atoms with Crippen LogP contribution < -0.4 is 5.32 Å². The van der Waals surface area contributed by atoms with Gasteiger partial charge in [0.15, 0.2) is 0 Å². The fourth-order valence-electron chi connectivity index (χ4n) is 1.56. The molecule has 3 nitrogen and oxygen atoms in total. The lowest BCUT2D eigenvalue weighted by molar-refractivity contribution is 0.175. The second-order valence-corrected chi connectivity index (χ2v) is 5.56. The van der Waals surface area contributed by atoms with Crippen molar-refractivity contribution in [1.29, 1.82) is 5.26 Å². The van der Waals surface area contributed by atoms with E-state index in [1.165, 1.54) is 0 Å². The van der Waals surface area contributed by atoms with Crippen LogP contribution in [0.4, 0.5) is 0 Å². The van der Waals surface area contributed by atoms with Gasteiger partial charge in [-0.1, -0.05) is 19.1 Å². The van der Waals surface area contributed by atoms with Crippen molar-refractivity contribution >= 4 is 11.8 Å². The molecule has 0 radical (unpaired) electrons. The summed E-state index contributed by atoms with van der Waals surface area (Å²) >= 11 is 1.85. The van der Waals surface area contributed by atoms with Crippen molar-refractivity contribution in [2.24, 2.45) is 0 Å². The predicted molar refractivity (Wildman–Crippen MR) is 76.6 cm³/mol. The van der Waals surface area contributed by atoms with Crippen LogP contribution in [-0.2, 0) is 0 Å². The molecule has 0 aromatic heterocycles. The standard InChI is InChI=1S/C14H20N2OS/c1-11(18-2)7-8-16-10-14(17)13-5-3-12(9-15)4-6-13/h3-6,11,14,16-17H,7-8,10H2,1-2H3. The average Bonchev–Trinajstić information content (AvgIpc) is 2.43. The van der Waals surface area contributed by atoms with E-state index in [1.807, 2.05) is 11.8 Å². The van der Waals surface area contributed by atoms with Crippen molar-refractivity contribution in [3.63, 3.8) is 0 Å². The molecular weight excluding hydrogens is 244 g/mol. The third-order valence-electron chi connectivity index (χ3n) is 2.89. The normalized spacial score (nSPS) is 13.9. The van der Waals surface area contributed by atoms with Crippen LogP contribution in [0.15, 0.2) is 24.3 Å². The van der Waals surface area contributed by atoms with E-state index in [0.29, 0.717) is 17.4 Å². The van der Waals surface area contributed by atoms with Crippen molar-refractivity contribution in [2.75, 3.05) is 19.3 Å². The predicted octanol–water partition coefficient (Wildman–Crippen LogP) is 2.32. The lowest BCUT2D eigenvalue weighted by Crippen LogP contribution is -2.24. The van der Waals surface area contributed by atoms with Crippen molar-refractivity contribution in [1.82, 2.24) is 5.32 Å². The van der Waals surface area contributed by atoms with Gasteiger partial charge in [-0.25, -0.2) is 0 Å². The molecule has 0 aliphatic heterocycles. The molecule has 1 rings (SSSR count). The molecule has 0 saturated heterocycles. The van der Waals surface area contributed by atoms with Crippen LogP contribution in [0.1, 0.15) is 30.6 Å². The van der Waals surface area contributed by atoms with Gasteiger partial charge in [0, 0.05) is 11.8 Å². The maximum Gasteiger partial charge on any atom is 0.0991 e. The summed E-state index contributed by atoms with van der Waals surface area (Å²) in [6.45, 7) is 3.66. The van der Waals surface area contributed by atoms with E-state index < -0.39 is 6.10 Å². The molecule has 18 heavy (non-hydrogen) atoms. The van der Waals surface area contributed by atoms with E-state index in [1.54, 1.807) is 24.3 Å². The second-order valence-electron chi connectivity index (χ2n) is 4.29. The van der Waals surface area contributed by atoms with E-state index in [0.717, 1.165) is 18.5 Å². The molecule has 0 saturated carbocycles. The quantitative estimate of drug-likeness (QED) is 0.742. The smallest absolute Gasteiger partial charge is 0.0991 e. The fraction of sp³-hybridized carbons (Fsp3) is 0.500. The molecule has 0 fully saturated rings. The highest BCUT2D eigenvalue weighted by Gasteiger charge is 2.07. The van der Waals surface area contributed by atoms with Gasteiger partial charge in [-0.05, 0) is 36.9 Å². The number of aliphatic hydroxyl groups excluding tert-OH is 1. The topological polar surface area (TPSA) is 56.0 Å². The highest BCUT2D eigenvalue weighted by molar-refractivity contribution is 7.99. The number of nitrogens with zero attached hydrogens (tertiary/aromatic N) is 1. The molecule has 0 spiro atoms. The Balaban J connectivity index is 2.32. The minimum atomic E-state index is -0.512. The van der Waals surface area contributed by atoms with Gasteiger partial charge in [-0.2, -0.15) is 17.0 Å². The molecule has 0 bridgehead atoms. The summed E-state index contributed by atoms with van der Waals surface area (Å²) in [5.41, 5.74) is 1.46. The molecule has 1 aromatic rings. The molecule has 2 unspecified atom stereocenters. The van der Waals surface area contributed by atoms with Gasteiger partial charge < -0.3 is 10.4 Å². The Morgan fingerprint density at radius 2 is 2.06 bits per heavy atom. The van der Waals surface area contributed by atoms with Crippen LogP contribution in [0.3, 0.4) is 0 Å². The number of nitrogens with one attached hydrogen (secondary N) is 1. The summed E-state index contributed by atoms with van der Waals surface area (Å²) in [4.78, 5) is 0. The molecule has 4 heteroatoms. The number of aliphatic hydroxyl groups is 1. The fourth-order valence-corrected chi connectivity index (χ4v) is 1.91. The van der Waals surface area contributed by atoms with Crippen LogP contribution in [0.2, 0.25) is 0 Å². The van der Waals surface area contributed by atoms with Crippen molar-refractivity contribution in [3.05, 3.63) is 35.4 Å². The molecule has 2 N–H and O–H groups in total. The molecule has 1 aromatic carbocycles. The third kappa shape index (κ3) is 5.09. The molecule has 0 amide bonds.